The third kappa shape index (κ3) is 4.17. The number of hydrogen-bond donors (Lipinski definition) is 0. The average molecular weight is 354 g/mol. The molecule has 1 heterocycles. The van der Waals surface area contributed by atoms with Crippen molar-refractivity contribution in [3.05, 3.63) is 59.2 Å². The maximum Gasteiger partial charge on any atom is 0.253 e. The van der Waals surface area contributed by atoms with Crippen LogP contribution >= 0.6 is 0 Å². The second-order valence-electron chi connectivity index (χ2n) is 6.62. The summed E-state index contributed by atoms with van der Waals surface area (Å²) < 4.78 is 10.8. The summed E-state index contributed by atoms with van der Waals surface area (Å²) in [6.45, 7) is 5.96. The highest BCUT2D eigenvalue weighted by molar-refractivity contribution is 5.94. The Morgan fingerprint density at radius 1 is 1.00 bits per heavy atom. The molecule has 1 aliphatic rings. The fraction of sp³-hybridized carbons (Fsp3) is 0.381. The number of rotatable bonds is 5. The van der Waals surface area contributed by atoms with E-state index in [0.29, 0.717) is 0 Å². The molecule has 0 radical (unpaired) electrons. The van der Waals surface area contributed by atoms with Crippen molar-refractivity contribution in [2.75, 3.05) is 40.4 Å². The highest BCUT2D eigenvalue weighted by Crippen LogP contribution is 2.25. The Hall–Kier alpha value is -2.53. The Morgan fingerprint density at radius 3 is 2.42 bits per heavy atom. The van der Waals surface area contributed by atoms with Crippen molar-refractivity contribution in [1.82, 2.24) is 9.80 Å². The number of carbonyl (C=O) groups is 1. The smallest absolute Gasteiger partial charge is 0.253 e. The first-order valence-electron chi connectivity index (χ1n) is 8.90. The Balaban J connectivity index is 1.61. The van der Waals surface area contributed by atoms with Gasteiger partial charge in [-0.05, 0) is 37.3 Å². The molecular formula is C21H26N2O3. The number of benzene rings is 2. The lowest BCUT2D eigenvalue weighted by molar-refractivity contribution is 0.0627. The number of ether oxygens (including phenoxy) is 2. The Morgan fingerprint density at radius 2 is 1.77 bits per heavy atom. The zero-order valence-corrected chi connectivity index (χ0v) is 15.7. The fourth-order valence-corrected chi connectivity index (χ4v) is 3.32. The lowest BCUT2D eigenvalue weighted by atomic mass is 10.1. The van der Waals surface area contributed by atoms with Crippen molar-refractivity contribution in [3.63, 3.8) is 0 Å². The average Bonchev–Trinajstić information content (AvgIpc) is 2.68. The van der Waals surface area contributed by atoms with E-state index in [1.54, 1.807) is 14.2 Å². The Bertz CT molecular complexity index is 768. The molecule has 2 aromatic carbocycles. The van der Waals surface area contributed by atoms with Gasteiger partial charge in [-0.25, -0.2) is 0 Å². The van der Waals surface area contributed by atoms with Crippen molar-refractivity contribution >= 4 is 5.91 Å². The van der Waals surface area contributed by atoms with Crippen LogP contribution in [0.25, 0.3) is 0 Å². The molecule has 1 saturated heterocycles. The zero-order valence-electron chi connectivity index (χ0n) is 15.7. The maximum atomic E-state index is 12.7. The summed E-state index contributed by atoms with van der Waals surface area (Å²) >= 11 is 0. The number of methoxy groups -OCH3 is 2. The molecule has 138 valence electrons. The number of carbonyl (C=O) groups excluding carboxylic acids is 1. The second kappa shape index (κ2) is 8.23. The molecule has 26 heavy (non-hydrogen) atoms. The van der Waals surface area contributed by atoms with E-state index in [0.717, 1.165) is 60.9 Å². The summed E-state index contributed by atoms with van der Waals surface area (Å²) in [5.41, 5.74) is 2.98. The van der Waals surface area contributed by atoms with Gasteiger partial charge in [-0.1, -0.05) is 17.7 Å². The summed E-state index contributed by atoms with van der Waals surface area (Å²) in [7, 11) is 3.35. The van der Waals surface area contributed by atoms with Crippen LogP contribution in [-0.2, 0) is 6.54 Å². The molecule has 1 aliphatic heterocycles. The minimum Gasteiger partial charge on any atom is -0.497 e. The standard InChI is InChI=1S/C21H26N2O3/c1-16-5-4-6-17(13-16)21(24)23-11-9-22(10-12-23)15-18-14-19(25-2)7-8-20(18)26-3/h4-8,13-14H,9-12,15H2,1-3H3. The molecule has 0 N–H and O–H groups in total. The van der Waals surface area contributed by atoms with Gasteiger partial charge >= 0.3 is 0 Å². The lowest BCUT2D eigenvalue weighted by Crippen LogP contribution is -2.48. The SMILES string of the molecule is COc1ccc(OC)c(CN2CCN(C(=O)c3cccc(C)c3)CC2)c1. The predicted molar refractivity (Wildman–Crippen MR) is 102 cm³/mol. The minimum absolute atomic E-state index is 0.118. The van der Waals surface area contributed by atoms with E-state index in [-0.39, 0.29) is 5.91 Å². The van der Waals surface area contributed by atoms with Crippen LogP contribution in [0.2, 0.25) is 0 Å². The third-order valence-corrected chi connectivity index (χ3v) is 4.81. The molecule has 3 rings (SSSR count). The molecule has 0 saturated carbocycles. The van der Waals surface area contributed by atoms with Gasteiger partial charge in [-0.2, -0.15) is 0 Å². The van der Waals surface area contributed by atoms with E-state index in [9.17, 15) is 4.79 Å². The summed E-state index contributed by atoms with van der Waals surface area (Å²) in [6, 6.07) is 13.7. The van der Waals surface area contributed by atoms with Crippen molar-refractivity contribution in [2.24, 2.45) is 0 Å². The van der Waals surface area contributed by atoms with Crippen molar-refractivity contribution in [2.45, 2.75) is 13.5 Å². The quantitative estimate of drug-likeness (QED) is 0.828. The van der Waals surface area contributed by atoms with Gasteiger partial charge in [0.1, 0.15) is 11.5 Å². The molecule has 2 aromatic rings. The fourth-order valence-electron chi connectivity index (χ4n) is 3.32. The topological polar surface area (TPSA) is 42.0 Å². The number of amides is 1. The molecule has 0 atom stereocenters. The van der Waals surface area contributed by atoms with Gasteiger partial charge in [0.2, 0.25) is 0 Å². The Kier molecular flexibility index (Phi) is 5.78. The highest BCUT2D eigenvalue weighted by Gasteiger charge is 2.23. The van der Waals surface area contributed by atoms with Gasteiger partial charge < -0.3 is 14.4 Å². The predicted octanol–water partition coefficient (Wildman–Crippen LogP) is 2.97. The van der Waals surface area contributed by atoms with E-state index in [4.69, 9.17) is 9.47 Å². The van der Waals surface area contributed by atoms with Crippen LogP contribution < -0.4 is 9.47 Å². The molecule has 1 amide bonds. The van der Waals surface area contributed by atoms with Crippen molar-refractivity contribution in [3.8, 4) is 11.5 Å². The number of nitrogens with zero attached hydrogens (tertiary/aromatic N) is 2. The minimum atomic E-state index is 0.118. The van der Waals surface area contributed by atoms with Crippen LogP contribution in [0.3, 0.4) is 0 Å². The largest absolute Gasteiger partial charge is 0.497 e. The Labute approximate surface area is 155 Å². The number of hydrogen-bond acceptors (Lipinski definition) is 4. The van der Waals surface area contributed by atoms with E-state index in [1.807, 2.05) is 54.3 Å². The van der Waals surface area contributed by atoms with Gasteiger partial charge in [0.05, 0.1) is 14.2 Å². The summed E-state index contributed by atoms with van der Waals surface area (Å²) in [4.78, 5) is 17.0. The van der Waals surface area contributed by atoms with Gasteiger partial charge in [-0.15, -0.1) is 0 Å². The van der Waals surface area contributed by atoms with Crippen LogP contribution in [0.1, 0.15) is 21.5 Å². The third-order valence-electron chi connectivity index (χ3n) is 4.81. The molecule has 0 bridgehead atoms. The second-order valence-corrected chi connectivity index (χ2v) is 6.62. The molecule has 5 nitrogen and oxygen atoms in total. The first-order chi connectivity index (χ1) is 12.6. The number of piperazine rings is 1. The summed E-state index contributed by atoms with van der Waals surface area (Å²) in [5.74, 6) is 1.81. The van der Waals surface area contributed by atoms with Crippen LogP contribution in [0.4, 0.5) is 0 Å². The van der Waals surface area contributed by atoms with E-state index < -0.39 is 0 Å². The molecule has 1 fully saturated rings. The molecule has 0 unspecified atom stereocenters. The number of aryl methyl sites for hydroxylation is 1. The highest BCUT2D eigenvalue weighted by atomic mass is 16.5. The monoisotopic (exact) mass is 354 g/mol. The van der Waals surface area contributed by atoms with Gasteiger partial charge in [0, 0.05) is 43.9 Å². The van der Waals surface area contributed by atoms with Crippen LogP contribution in [-0.4, -0.2) is 56.1 Å². The van der Waals surface area contributed by atoms with Gasteiger partial charge in [0.25, 0.3) is 5.91 Å². The summed E-state index contributed by atoms with van der Waals surface area (Å²) in [5, 5.41) is 0. The van der Waals surface area contributed by atoms with Crippen LogP contribution in [0.5, 0.6) is 11.5 Å². The summed E-state index contributed by atoms with van der Waals surface area (Å²) in [6.07, 6.45) is 0. The van der Waals surface area contributed by atoms with E-state index in [2.05, 4.69) is 4.90 Å². The lowest BCUT2D eigenvalue weighted by Gasteiger charge is -2.35. The van der Waals surface area contributed by atoms with Crippen LogP contribution in [0.15, 0.2) is 42.5 Å². The first kappa shape index (κ1) is 18.3. The van der Waals surface area contributed by atoms with E-state index >= 15 is 0 Å². The molecular weight excluding hydrogens is 328 g/mol. The molecule has 0 spiro atoms. The van der Waals surface area contributed by atoms with Gasteiger partial charge in [-0.3, -0.25) is 9.69 Å². The van der Waals surface area contributed by atoms with Crippen molar-refractivity contribution in [1.29, 1.82) is 0 Å². The zero-order chi connectivity index (χ0) is 18.5. The maximum absolute atomic E-state index is 12.7. The molecule has 0 aliphatic carbocycles. The van der Waals surface area contributed by atoms with Crippen LogP contribution in [0, 0.1) is 6.92 Å². The van der Waals surface area contributed by atoms with E-state index in [1.165, 1.54) is 0 Å². The molecule has 5 heteroatoms. The van der Waals surface area contributed by atoms with Gasteiger partial charge in [0.15, 0.2) is 0 Å². The first-order valence-corrected chi connectivity index (χ1v) is 8.90. The van der Waals surface area contributed by atoms with Crippen molar-refractivity contribution < 1.29 is 14.3 Å². The molecule has 0 aromatic heterocycles. The normalized spacial score (nSPS) is 15.0.